The Morgan fingerprint density at radius 3 is 2.62 bits per heavy atom. The zero-order valence-corrected chi connectivity index (χ0v) is 14.8. The van der Waals surface area contributed by atoms with E-state index in [0.717, 1.165) is 11.3 Å². The van der Waals surface area contributed by atoms with Gasteiger partial charge in [-0.05, 0) is 36.8 Å². The van der Waals surface area contributed by atoms with Gasteiger partial charge in [-0.15, -0.1) is 0 Å². The third-order valence-corrected chi connectivity index (χ3v) is 4.05. The number of ether oxygens (including phenoxy) is 1. The van der Waals surface area contributed by atoms with Gasteiger partial charge in [0.15, 0.2) is 0 Å². The average Bonchev–Trinajstić information content (AvgIpc) is 2.54. The summed E-state index contributed by atoms with van der Waals surface area (Å²) < 4.78 is 18.3. The molecule has 2 rings (SSSR count). The van der Waals surface area contributed by atoms with E-state index in [1.807, 2.05) is 13.0 Å². The van der Waals surface area contributed by atoms with Crippen LogP contribution in [0.3, 0.4) is 0 Å². The number of nitrogens with one attached hydrogen (secondary N) is 2. The first-order valence-corrected chi connectivity index (χ1v) is 7.99. The van der Waals surface area contributed by atoms with Crippen LogP contribution in [0.4, 0.5) is 15.8 Å². The van der Waals surface area contributed by atoms with Crippen molar-refractivity contribution in [1.82, 2.24) is 0 Å². The molecule has 24 heavy (non-hydrogen) atoms. The summed E-state index contributed by atoms with van der Waals surface area (Å²) in [6.07, 6.45) is 0.222. The molecular weight excluding hydrogens is 354 g/mol. The maximum absolute atomic E-state index is 13.1. The lowest BCUT2D eigenvalue weighted by molar-refractivity contribution is -0.115. The van der Waals surface area contributed by atoms with Crippen molar-refractivity contribution in [2.24, 2.45) is 0 Å². The molecular formula is C17H17Cl2FN2O2. The van der Waals surface area contributed by atoms with Crippen molar-refractivity contribution in [1.29, 1.82) is 0 Å². The maximum atomic E-state index is 13.1. The SMILES string of the molecule is COc1cc(Cl)c(C)cc1NCCC(=O)Nc1ccc(F)c(Cl)c1. The summed E-state index contributed by atoms with van der Waals surface area (Å²) in [5, 5.41) is 6.38. The van der Waals surface area contributed by atoms with E-state index in [1.165, 1.54) is 18.2 Å². The van der Waals surface area contributed by atoms with E-state index < -0.39 is 5.82 Å². The lowest BCUT2D eigenvalue weighted by Gasteiger charge is -2.13. The van der Waals surface area contributed by atoms with Crippen LogP contribution in [-0.2, 0) is 4.79 Å². The minimum absolute atomic E-state index is 0.0349. The van der Waals surface area contributed by atoms with Crippen LogP contribution in [0.25, 0.3) is 0 Å². The summed E-state index contributed by atoms with van der Waals surface area (Å²) in [4.78, 5) is 11.9. The number of carbonyl (C=O) groups excluding carboxylic acids is 1. The van der Waals surface area contributed by atoms with Gasteiger partial charge in [0.2, 0.25) is 5.91 Å². The minimum Gasteiger partial charge on any atom is -0.495 e. The number of carbonyl (C=O) groups is 1. The molecule has 0 unspecified atom stereocenters. The predicted molar refractivity (Wildman–Crippen MR) is 95.9 cm³/mol. The summed E-state index contributed by atoms with van der Waals surface area (Å²) in [5.74, 6) is -0.132. The highest BCUT2D eigenvalue weighted by molar-refractivity contribution is 6.31. The summed E-state index contributed by atoms with van der Waals surface area (Å²) >= 11 is 11.7. The van der Waals surface area contributed by atoms with Crippen LogP contribution in [-0.4, -0.2) is 19.6 Å². The van der Waals surface area contributed by atoms with E-state index in [4.69, 9.17) is 27.9 Å². The topological polar surface area (TPSA) is 50.4 Å². The van der Waals surface area contributed by atoms with E-state index in [9.17, 15) is 9.18 Å². The van der Waals surface area contributed by atoms with Crippen molar-refractivity contribution in [3.63, 3.8) is 0 Å². The van der Waals surface area contributed by atoms with Gasteiger partial charge in [-0.25, -0.2) is 4.39 Å². The largest absolute Gasteiger partial charge is 0.495 e. The third-order valence-electron chi connectivity index (χ3n) is 3.35. The number of halogens is 3. The maximum Gasteiger partial charge on any atom is 0.226 e. The van der Waals surface area contributed by atoms with Crippen LogP contribution in [0.2, 0.25) is 10.0 Å². The van der Waals surface area contributed by atoms with Gasteiger partial charge in [-0.2, -0.15) is 0 Å². The minimum atomic E-state index is -0.526. The average molecular weight is 371 g/mol. The molecule has 0 saturated carbocycles. The molecule has 0 fully saturated rings. The summed E-state index contributed by atoms with van der Waals surface area (Å²) in [6, 6.07) is 7.61. The molecule has 4 nitrogen and oxygen atoms in total. The Balaban J connectivity index is 1.91. The van der Waals surface area contributed by atoms with Crippen LogP contribution >= 0.6 is 23.2 Å². The van der Waals surface area contributed by atoms with Crippen LogP contribution in [0.1, 0.15) is 12.0 Å². The standard InChI is InChI=1S/C17H17Cl2FN2O2/c1-10-7-15(16(24-2)9-12(10)18)21-6-5-17(23)22-11-3-4-14(20)13(19)8-11/h3-4,7-9,21H,5-6H2,1-2H3,(H,22,23). The number of methoxy groups -OCH3 is 1. The van der Waals surface area contributed by atoms with Crippen LogP contribution in [0.5, 0.6) is 5.75 Å². The fourth-order valence-electron chi connectivity index (χ4n) is 2.08. The first-order chi connectivity index (χ1) is 11.4. The molecule has 0 aliphatic carbocycles. The van der Waals surface area contributed by atoms with Crippen molar-refractivity contribution in [2.75, 3.05) is 24.3 Å². The normalized spacial score (nSPS) is 10.4. The lowest BCUT2D eigenvalue weighted by atomic mass is 10.2. The van der Waals surface area contributed by atoms with Gasteiger partial charge in [0, 0.05) is 29.7 Å². The summed E-state index contributed by atoms with van der Waals surface area (Å²) in [7, 11) is 1.55. The molecule has 2 aromatic carbocycles. The van der Waals surface area contributed by atoms with Gasteiger partial charge in [0.05, 0.1) is 17.8 Å². The van der Waals surface area contributed by atoms with Crippen molar-refractivity contribution >= 4 is 40.5 Å². The lowest BCUT2D eigenvalue weighted by Crippen LogP contribution is -2.16. The van der Waals surface area contributed by atoms with E-state index in [2.05, 4.69) is 10.6 Å². The molecule has 0 atom stereocenters. The van der Waals surface area contributed by atoms with Crippen molar-refractivity contribution in [2.45, 2.75) is 13.3 Å². The second kappa shape index (κ2) is 8.22. The molecule has 0 spiro atoms. The molecule has 2 aromatic rings. The van der Waals surface area contributed by atoms with E-state index in [1.54, 1.807) is 13.2 Å². The predicted octanol–water partition coefficient (Wildman–Crippen LogP) is 4.89. The smallest absolute Gasteiger partial charge is 0.226 e. The fourth-order valence-corrected chi connectivity index (χ4v) is 2.41. The number of aryl methyl sites for hydroxylation is 1. The first kappa shape index (κ1) is 18.4. The number of rotatable bonds is 6. The Morgan fingerprint density at radius 2 is 1.96 bits per heavy atom. The van der Waals surface area contributed by atoms with Gasteiger partial charge >= 0.3 is 0 Å². The number of hydrogen-bond acceptors (Lipinski definition) is 3. The zero-order chi connectivity index (χ0) is 17.7. The highest BCUT2D eigenvalue weighted by Crippen LogP contribution is 2.30. The van der Waals surface area contributed by atoms with E-state index in [-0.39, 0.29) is 17.4 Å². The van der Waals surface area contributed by atoms with Gasteiger partial charge in [-0.1, -0.05) is 23.2 Å². The Kier molecular flexibility index (Phi) is 6.29. The summed E-state index contributed by atoms with van der Waals surface area (Å²) in [5.41, 5.74) is 2.12. The van der Waals surface area contributed by atoms with Crippen LogP contribution in [0.15, 0.2) is 30.3 Å². The van der Waals surface area contributed by atoms with Gasteiger partial charge in [0.1, 0.15) is 11.6 Å². The van der Waals surface area contributed by atoms with E-state index in [0.29, 0.717) is 23.0 Å². The Bertz CT molecular complexity index is 754. The van der Waals surface area contributed by atoms with Gasteiger partial charge in [-0.3, -0.25) is 4.79 Å². The number of benzene rings is 2. The van der Waals surface area contributed by atoms with Crippen molar-refractivity contribution < 1.29 is 13.9 Å². The molecule has 0 aliphatic heterocycles. The number of anilines is 2. The van der Waals surface area contributed by atoms with Crippen LogP contribution in [0, 0.1) is 12.7 Å². The number of hydrogen-bond donors (Lipinski definition) is 2. The molecule has 2 N–H and O–H groups in total. The summed E-state index contributed by atoms with van der Waals surface area (Å²) in [6.45, 7) is 2.29. The Morgan fingerprint density at radius 1 is 1.21 bits per heavy atom. The molecule has 0 aromatic heterocycles. The third kappa shape index (κ3) is 4.76. The first-order valence-electron chi connectivity index (χ1n) is 7.23. The molecule has 7 heteroatoms. The second-order valence-electron chi connectivity index (χ2n) is 5.16. The van der Waals surface area contributed by atoms with Gasteiger partial charge in [0.25, 0.3) is 0 Å². The van der Waals surface area contributed by atoms with E-state index >= 15 is 0 Å². The molecule has 128 valence electrons. The molecule has 0 radical (unpaired) electrons. The Hall–Kier alpha value is -1.98. The fraction of sp³-hybridized carbons (Fsp3) is 0.235. The molecule has 1 amide bonds. The molecule has 0 aliphatic rings. The Labute approximate surface area is 149 Å². The molecule has 0 bridgehead atoms. The van der Waals surface area contributed by atoms with Gasteiger partial charge < -0.3 is 15.4 Å². The highest BCUT2D eigenvalue weighted by atomic mass is 35.5. The molecule has 0 heterocycles. The van der Waals surface area contributed by atoms with Crippen LogP contribution < -0.4 is 15.4 Å². The quantitative estimate of drug-likeness (QED) is 0.760. The second-order valence-corrected chi connectivity index (χ2v) is 5.97. The highest BCUT2D eigenvalue weighted by Gasteiger charge is 2.09. The van der Waals surface area contributed by atoms with Crippen molar-refractivity contribution in [3.8, 4) is 5.75 Å². The molecule has 0 saturated heterocycles. The van der Waals surface area contributed by atoms with Crippen molar-refractivity contribution in [3.05, 3.63) is 51.8 Å². The number of amides is 1. The zero-order valence-electron chi connectivity index (χ0n) is 13.3. The monoisotopic (exact) mass is 370 g/mol.